The van der Waals surface area contributed by atoms with E-state index in [0.29, 0.717) is 11.6 Å². The Labute approximate surface area is 192 Å². The molecule has 0 bridgehead atoms. The van der Waals surface area contributed by atoms with Crippen molar-refractivity contribution in [3.63, 3.8) is 0 Å². The van der Waals surface area contributed by atoms with Gasteiger partial charge in [-0.05, 0) is 56.3 Å². The van der Waals surface area contributed by atoms with Gasteiger partial charge in [0.15, 0.2) is 5.96 Å². The summed E-state index contributed by atoms with van der Waals surface area (Å²) in [5, 5.41) is 3.03. The molecule has 2 aromatic carbocycles. The van der Waals surface area contributed by atoms with Crippen molar-refractivity contribution in [3.05, 3.63) is 78.2 Å². The molecule has 30 heavy (non-hydrogen) atoms. The highest BCUT2D eigenvalue weighted by Gasteiger charge is 2.07. The van der Waals surface area contributed by atoms with E-state index < -0.39 is 0 Å². The Morgan fingerprint density at radius 3 is 2.57 bits per heavy atom. The van der Waals surface area contributed by atoms with Gasteiger partial charge in [-0.15, -0.1) is 24.0 Å². The molecule has 0 aliphatic carbocycles. The molecule has 0 atom stereocenters. The van der Waals surface area contributed by atoms with Gasteiger partial charge < -0.3 is 20.5 Å². The lowest BCUT2D eigenvalue weighted by Crippen LogP contribution is -2.22. The fourth-order valence-electron chi connectivity index (χ4n) is 2.53. The van der Waals surface area contributed by atoms with Crippen LogP contribution in [0.15, 0.2) is 71.9 Å². The highest BCUT2D eigenvalue weighted by molar-refractivity contribution is 14.0. The maximum atomic E-state index is 13.4. The van der Waals surface area contributed by atoms with E-state index in [1.54, 1.807) is 24.4 Å². The van der Waals surface area contributed by atoms with Gasteiger partial charge in [0.1, 0.15) is 17.3 Å². The number of pyridine rings is 1. The van der Waals surface area contributed by atoms with Crippen molar-refractivity contribution in [1.82, 2.24) is 4.98 Å². The zero-order valence-corrected chi connectivity index (χ0v) is 19.0. The van der Waals surface area contributed by atoms with E-state index in [2.05, 4.69) is 15.3 Å². The molecule has 0 saturated heterocycles. The molecular weight excluding hydrogens is 498 g/mol. The number of aromatic nitrogens is 1. The van der Waals surface area contributed by atoms with Crippen LogP contribution in [0.2, 0.25) is 0 Å². The number of benzene rings is 2. The molecule has 1 heterocycles. The molecule has 0 aliphatic heterocycles. The van der Waals surface area contributed by atoms with Crippen molar-refractivity contribution in [2.45, 2.75) is 26.5 Å². The zero-order valence-electron chi connectivity index (χ0n) is 16.7. The predicted octanol–water partition coefficient (Wildman–Crippen LogP) is 5.35. The van der Waals surface area contributed by atoms with E-state index in [0.717, 1.165) is 17.0 Å². The number of nitrogens with zero attached hydrogens (tertiary/aromatic N) is 2. The summed E-state index contributed by atoms with van der Waals surface area (Å²) in [5.41, 5.74) is 7.51. The summed E-state index contributed by atoms with van der Waals surface area (Å²) in [5.74, 6) is 1.38. The predicted molar refractivity (Wildman–Crippen MR) is 127 cm³/mol. The van der Waals surface area contributed by atoms with Gasteiger partial charge in [0, 0.05) is 23.5 Å². The molecule has 0 saturated carbocycles. The molecule has 0 aliphatic rings. The van der Waals surface area contributed by atoms with Crippen LogP contribution in [0.4, 0.5) is 10.1 Å². The van der Waals surface area contributed by atoms with Crippen LogP contribution < -0.4 is 20.5 Å². The van der Waals surface area contributed by atoms with Crippen molar-refractivity contribution in [3.8, 4) is 17.4 Å². The van der Waals surface area contributed by atoms with E-state index in [4.69, 9.17) is 15.2 Å². The second-order valence-corrected chi connectivity index (χ2v) is 6.54. The third-order valence-electron chi connectivity index (χ3n) is 3.78. The number of hydrogen-bond donors (Lipinski definition) is 2. The van der Waals surface area contributed by atoms with Crippen LogP contribution >= 0.6 is 24.0 Å². The summed E-state index contributed by atoms with van der Waals surface area (Å²) < 4.78 is 24.7. The summed E-state index contributed by atoms with van der Waals surface area (Å²) in [6, 6.07) is 16.9. The molecule has 6 nitrogen and oxygen atoms in total. The van der Waals surface area contributed by atoms with Gasteiger partial charge in [0.2, 0.25) is 5.88 Å². The number of nitrogens with one attached hydrogen (secondary N) is 1. The summed E-state index contributed by atoms with van der Waals surface area (Å²) in [7, 11) is 0. The minimum absolute atomic E-state index is 0. The molecular formula is C22H24FIN4O2. The number of anilines is 1. The van der Waals surface area contributed by atoms with E-state index in [1.165, 1.54) is 12.1 Å². The molecule has 0 unspecified atom stereocenters. The number of halogens is 2. The lowest BCUT2D eigenvalue weighted by atomic mass is 10.2. The molecule has 8 heteroatoms. The number of ether oxygens (including phenoxy) is 2. The van der Waals surface area contributed by atoms with Gasteiger partial charge in [0.25, 0.3) is 0 Å². The maximum Gasteiger partial charge on any atom is 0.224 e. The highest BCUT2D eigenvalue weighted by Crippen LogP contribution is 2.24. The molecule has 0 fully saturated rings. The monoisotopic (exact) mass is 522 g/mol. The van der Waals surface area contributed by atoms with Gasteiger partial charge in [-0.1, -0.05) is 12.1 Å². The molecule has 158 valence electrons. The topological polar surface area (TPSA) is 81.8 Å². The summed E-state index contributed by atoms with van der Waals surface area (Å²) >= 11 is 0. The SMILES string of the molecule is CC(C)Oc1ccc(NC(N)=NCc2cccnc2Oc2cccc(F)c2)cc1.I. The average molecular weight is 522 g/mol. The Morgan fingerprint density at radius 2 is 1.87 bits per heavy atom. The highest BCUT2D eigenvalue weighted by atomic mass is 127. The minimum Gasteiger partial charge on any atom is -0.491 e. The number of rotatable bonds is 7. The van der Waals surface area contributed by atoms with Crippen molar-refractivity contribution >= 4 is 35.6 Å². The van der Waals surface area contributed by atoms with Crippen LogP contribution in [0.1, 0.15) is 19.4 Å². The van der Waals surface area contributed by atoms with Crippen LogP contribution in [0.3, 0.4) is 0 Å². The third kappa shape index (κ3) is 7.18. The Morgan fingerprint density at radius 1 is 1.10 bits per heavy atom. The Bertz CT molecular complexity index is 981. The summed E-state index contributed by atoms with van der Waals surface area (Å²) in [4.78, 5) is 8.55. The number of nitrogens with two attached hydrogens (primary N) is 1. The van der Waals surface area contributed by atoms with Gasteiger partial charge >= 0.3 is 0 Å². The molecule has 0 spiro atoms. The summed E-state index contributed by atoms with van der Waals surface area (Å²) in [6.07, 6.45) is 1.72. The van der Waals surface area contributed by atoms with Crippen LogP contribution in [-0.4, -0.2) is 17.0 Å². The standard InChI is InChI=1S/C22H23FN4O2.HI/c1-15(2)28-19-10-8-18(9-11-19)27-22(24)26-14-16-5-4-12-25-21(16)29-20-7-3-6-17(23)13-20;/h3-13,15H,14H2,1-2H3,(H3,24,26,27);1H. The molecule has 0 amide bonds. The third-order valence-corrected chi connectivity index (χ3v) is 3.78. The molecule has 3 rings (SSSR count). The quantitative estimate of drug-likeness (QED) is 0.249. The van der Waals surface area contributed by atoms with Crippen LogP contribution in [0.25, 0.3) is 0 Å². The van der Waals surface area contributed by atoms with Crippen LogP contribution in [0.5, 0.6) is 17.4 Å². The minimum atomic E-state index is -0.378. The van der Waals surface area contributed by atoms with Gasteiger partial charge in [0.05, 0.1) is 12.6 Å². The number of guanidine groups is 1. The first-order valence-electron chi connectivity index (χ1n) is 9.20. The normalized spacial score (nSPS) is 11.0. The van der Waals surface area contributed by atoms with Gasteiger partial charge in [-0.3, -0.25) is 0 Å². The van der Waals surface area contributed by atoms with Crippen molar-refractivity contribution in [1.29, 1.82) is 0 Å². The summed E-state index contributed by atoms with van der Waals surface area (Å²) in [6.45, 7) is 4.20. The number of hydrogen-bond acceptors (Lipinski definition) is 4. The van der Waals surface area contributed by atoms with E-state index in [9.17, 15) is 4.39 Å². The zero-order chi connectivity index (χ0) is 20.6. The lowest BCUT2D eigenvalue weighted by molar-refractivity contribution is 0.242. The van der Waals surface area contributed by atoms with Crippen molar-refractivity contribution in [2.24, 2.45) is 10.7 Å². The first kappa shape index (κ1) is 23.4. The lowest BCUT2D eigenvalue weighted by Gasteiger charge is -2.11. The van der Waals surface area contributed by atoms with Crippen molar-refractivity contribution in [2.75, 3.05) is 5.32 Å². The Balaban J connectivity index is 0.00000320. The second-order valence-electron chi connectivity index (χ2n) is 6.54. The average Bonchev–Trinajstić information content (AvgIpc) is 2.68. The Hall–Kier alpha value is -2.88. The van der Waals surface area contributed by atoms with E-state index >= 15 is 0 Å². The molecule has 3 aromatic rings. The van der Waals surface area contributed by atoms with E-state index in [1.807, 2.05) is 44.2 Å². The number of aliphatic imine (C=N–C) groups is 1. The second kappa shape index (κ2) is 11.3. The first-order valence-corrected chi connectivity index (χ1v) is 9.20. The van der Waals surface area contributed by atoms with Crippen LogP contribution in [-0.2, 0) is 6.54 Å². The molecule has 0 radical (unpaired) electrons. The largest absolute Gasteiger partial charge is 0.491 e. The van der Waals surface area contributed by atoms with Gasteiger partial charge in [-0.2, -0.15) is 0 Å². The first-order chi connectivity index (χ1) is 14.0. The van der Waals surface area contributed by atoms with Crippen LogP contribution in [0, 0.1) is 5.82 Å². The van der Waals surface area contributed by atoms with E-state index in [-0.39, 0.29) is 48.4 Å². The maximum absolute atomic E-state index is 13.4. The fraction of sp³-hybridized carbons (Fsp3) is 0.182. The molecule has 3 N–H and O–H groups in total. The smallest absolute Gasteiger partial charge is 0.224 e. The van der Waals surface area contributed by atoms with Crippen molar-refractivity contribution < 1.29 is 13.9 Å². The molecule has 1 aromatic heterocycles. The Kier molecular flexibility index (Phi) is 8.85. The fourth-order valence-corrected chi connectivity index (χ4v) is 2.53. The van der Waals surface area contributed by atoms with Gasteiger partial charge in [-0.25, -0.2) is 14.4 Å².